The minimum Gasteiger partial charge on any atom is -0.336 e. The molecule has 1 aliphatic heterocycles. The van der Waals surface area contributed by atoms with Gasteiger partial charge in [-0.1, -0.05) is 37.6 Å². The molecule has 0 saturated carbocycles. The predicted molar refractivity (Wildman–Crippen MR) is 141 cm³/mol. The number of nitrogens with one attached hydrogen (secondary N) is 1. The lowest BCUT2D eigenvalue weighted by Crippen LogP contribution is -2.37. The normalized spacial score (nSPS) is 16.9. The summed E-state index contributed by atoms with van der Waals surface area (Å²) in [5, 5.41) is 14.4. The first-order chi connectivity index (χ1) is 17.9. The Bertz CT molecular complexity index is 1540. The summed E-state index contributed by atoms with van der Waals surface area (Å²) in [7, 11) is 1.85. The van der Waals surface area contributed by atoms with Crippen LogP contribution in [0.15, 0.2) is 64.8 Å². The van der Waals surface area contributed by atoms with E-state index >= 15 is 0 Å². The summed E-state index contributed by atoms with van der Waals surface area (Å²) in [4.78, 5) is 30.6. The molecule has 1 unspecified atom stereocenters. The largest absolute Gasteiger partial charge is 0.336 e. The van der Waals surface area contributed by atoms with Crippen LogP contribution < -0.4 is 5.69 Å². The maximum atomic E-state index is 14.0. The molecule has 0 spiro atoms. The van der Waals surface area contributed by atoms with Crippen molar-refractivity contribution < 1.29 is 4.79 Å². The molecule has 5 rings (SSSR count). The summed E-state index contributed by atoms with van der Waals surface area (Å²) >= 11 is 0. The van der Waals surface area contributed by atoms with Gasteiger partial charge in [-0.3, -0.25) is 18.9 Å². The van der Waals surface area contributed by atoms with E-state index < -0.39 is 5.41 Å². The molecular weight excluding hydrogens is 468 g/mol. The van der Waals surface area contributed by atoms with E-state index in [1.807, 2.05) is 53.0 Å². The van der Waals surface area contributed by atoms with Crippen LogP contribution in [0.2, 0.25) is 0 Å². The van der Waals surface area contributed by atoms with Crippen LogP contribution >= 0.6 is 0 Å². The molecule has 4 aromatic rings. The highest BCUT2D eigenvalue weighted by atomic mass is 16.2. The Morgan fingerprint density at radius 1 is 1.24 bits per heavy atom. The first kappa shape index (κ1) is 24.4. The van der Waals surface area contributed by atoms with E-state index in [1.54, 1.807) is 16.8 Å². The van der Waals surface area contributed by atoms with E-state index in [1.165, 1.54) is 6.92 Å². The van der Waals surface area contributed by atoms with E-state index in [0.717, 1.165) is 36.1 Å². The number of rotatable bonds is 9. The summed E-state index contributed by atoms with van der Waals surface area (Å²) in [6.45, 7) is 4.09. The smallest absolute Gasteiger partial charge is 0.334 e. The van der Waals surface area contributed by atoms with Crippen molar-refractivity contribution in [3.63, 3.8) is 0 Å². The number of unbranched alkanes of at least 4 members (excludes halogenated alkanes) is 1. The highest BCUT2D eigenvalue weighted by Crippen LogP contribution is 2.35. The molecule has 0 bridgehead atoms. The third kappa shape index (κ3) is 4.50. The van der Waals surface area contributed by atoms with Gasteiger partial charge in [-0.15, -0.1) is 10.2 Å². The van der Waals surface area contributed by atoms with Crippen LogP contribution in [-0.4, -0.2) is 46.3 Å². The number of hydrogen-bond acceptors (Lipinski definition) is 6. The van der Waals surface area contributed by atoms with Crippen LogP contribution in [-0.2, 0) is 25.4 Å². The Morgan fingerprint density at radius 3 is 2.81 bits per heavy atom. The first-order valence-electron chi connectivity index (χ1n) is 12.4. The van der Waals surface area contributed by atoms with Gasteiger partial charge in [0, 0.05) is 55.1 Å². The Morgan fingerprint density at radius 2 is 2.11 bits per heavy atom. The molecule has 0 amide bonds. The quantitative estimate of drug-likeness (QED) is 0.354. The number of imidazole rings is 1. The number of carbonyl (C=O) groups excluding carboxylic acids is 1. The molecule has 0 saturated heterocycles. The number of aromatic amines is 1. The van der Waals surface area contributed by atoms with Gasteiger partial charge in [-0.25, -0.2) is 4.79 Å². The summed E-state index contributed by atoms with van der Waals surface area (Å²) < 4.78 is 5.30. The molecule has 0 fully saturated rings. The van der Waals surface area contributed by atoms with Gasteiger partial charge in [-0.05, 0) is 49.1 Å². The number of aromatic nitrogens is 7. The number of aryl methyl sites for hydroxylation is 2. The second-order valence-electron chi connectivity index (χ2n) is 9.51. The van der Waals surface area contributed by atoms with Gasteiger partial charge in [-0.2, -0.15) is 5.21 Å². The molecule has 37 heavy (non-hydrogen) atoms. The fourth-order valence-electron chi connectivity index (χ4n) is 4.99. The first-order valence-corrected chi connectivity index (χ1v) is 12.4. The standard InChI is InChI=1S/C27H30N8O2/c1-4-5-9-22-17-34(25-23(19(2)36)10-15-33(25)3)26(37)35(22)18-27(11-13-28-14-12-27)21-8-6-7-20(16-21)24-29-31-32-30-24/h6-8,10-11,13-17H,4-5,9,12,18H2,1-3H3,(H,29,30,31,32). The SMILES string of the molecule is CCCCc1cn(-c2c(C(C)=O)ccn2C)c(=O)n1CC1(c2cccc(-c3nn[nH]n3)c2)C=CN=CC1. The summed E-state index contributed by atoms with van der Waals surface area (Å²) in [5.41, 5.74) is 2.66. The maximum absolute atomic E-state index is 14.0. The van der Waals surface area contributed by atoms with Gasteiger partial charge in [0.05, 0.1) is 5.56 Å². The molecule has 1 aromatic carbocycles. The van der Waals surface area contributed by atoms with Crippen LogP contribution in [0.25, 0.3) is 17.2 Å². The number of carbonyl (C=O) groups is 1. The van der Waals surface area contributed by atoms with Crippen LogP contribution in [0.1, 0.15) is 54.7 Å². The predicted octanol–water partition coefficient (Wildman–Crippen LogP) is 3.63. The zero-order valence-corrected chi connectivity index (χ0v) is 21.3. The van der Waals surface area contributed by atoms with Gasteiger partial charge in [0.15, 0.2) is 5.78 Å². The molecule has 10 nitrogen and oxygen atoms in total. The summed E-state index contributed by atoms with van der Waals surface area (Å²) in [5.74, 6) is 1.02. The Balaban J connectivity index is 1.64. The van der Waals surface area contributed by atoms with E-state index in [2.05, 4.69) is 44.7 Å². The molecule has 4 heterocycles. The van der Waals surface area contributed by atoms with Crippen molar-refractivity contribution in [2.75, 3.05) is 0 Å². The van der Waals surface area contributed by atoms with Crippen molar-refractivity contribution in [3.05, 3.63) is 82.3 Å². The molecule has 1 aliphatic rings. The maximum Gasteiger partial charge on any atom is 0.334 e. The third-order valence-electron chi connectivity index (χ3n) is 7.02. The lowest BCUT2D eigenvalue weighted by Gasteiger charge is -2.32. The van der Waals surface area contributed by atoms with Crippen molar-refractivity contribution in [2.24, 2.45) is 12.0 Å². The molecule has 190 valence electrons. The minimum atomic E-state index is -0.504. The molecular formula is C27H30N8O2. The average molecular weight is 499 g/mol. The highest BCUT2D eigenvalue weighted by molar-refractivity contribution is 5.97. The van der Waals surface area contributed by atoms with Crippen molar-refractivity contribution in [2.45, 2.75) is 51.5 Å². The molecule has 0 aliphatic carbocycles. The minimum absolute atomic E-state index is 0.0773. The lowest BCUT2D eigenvalue weighted by molar-refractivity contribution is 0.101. The van der Waals surface area contributed by atoms with E-state index in [9.17, 15) is 9.59 Å². The molecule has 1 atom stereocenters. The van der Waals surface area contributed by atoms with Gasteiger partial charge in [0.2, 0.25) is 5.82 Å². The second kappa shape index (κ2) is 9.96. The number of tetrazole rings is 1. The van der Waals surface area contributed by atoms with Crippen LogP contribution in [0.5, 0.6) is 0 Å². The van der Waals surface area contributed by atoms with E-state index in [-0.39, 0.29) is 11.5 Å². The number of aliphatic imine (C=N–C) groups is 1. The van der Waals surface area contributed by atoms with E-state index in [4.69, 9.17) is 0 Å². The number of hydrogen-bond donors (Lipinski definition) is 1. The molecule has 1 N–H and O–H groups in total. The van der Waals surface area contributed by atoms with Gasteiger partial charge in [0.25, 0.3) is 0 Å². The van der Waals surface area contributed by atoms with Crippen LogP contribution in [0.4, 0.5) is 0 Å². The van der Waals surface area contributed by atoms with Gasteiger partial charge < -0.3 is 4.57 Å². The third-order valence-corrected chi connectivity index (χ3v) is 7.02. The van der Waals surface area contributed by atoms with Gasteiger partial charge in [0.1, 0.15) is 5.82 Å². The number of Topliss-reactive ketones (excluding diaryl/α,β-unsaturated/α-hetero) is 1. The van der Waals surface area contributed by atoms with Crippen molar-refractivity contribution in [1.82, 2.24) is 34.3 Å². The average Bonchev–Trinajstić information content (AvgIpc) is 3.64. The topological polar surface area (TPSA) is 116 Å². The zero-order valence-electron chi connectivity index (χ0n) is 21.3. The molecule has 10 heteroatoms. The molecule has 3 aromatic heterocycles. The number of ketones is 1. The fraction of sp³-hybridized carbons (Fsp3) is 0.333. The highest BCUT2D eigenvalue weighted by Gasteiger charge is 2.33. The van der Waals surface area contributed by atoms with Crippen LogP contribution in [0.3, 0.4) is 0 Å². The van der Waals surface area contributed by atoms with E-state index in [0.29, 0.717) is 30.2 Å². The van der Waals surface area contributed by atoms with Crippen molar-refractivity contribution in [3.8, 4) is 17.2 Å². The number of allylic oxidation sites excluding steroid dienone is 1. The summed E-state index contributed by atoms with van der Waals surface area (Å²) in [6, 6.07) is 9.78. The monoisotopic (exact) mass is 498 g/mol. The summed E-state index contributed by atoms with van der Waals surface area (Å²) in [6.07, 6.45) is 12.8. The lowest BCUT2D eigenvalue weighted by atomic mass is 9.76. The van der Waals surface area contributed by atoms with Crippen LogP contribution in [0, 0.1) is 0 Å². The Labute approximate surface area is 214 Å². The van der Waals surface area contributed by atoms with Crippen molar-refractivity contribution in [1.29, 1.82) is 0 Å². The Hall–Kier alpha value is -4.34. The fourth-order valence-corrected chi connectivity index (χ4v) is 4.99. The van der Waals surface area contributed by atoms with Gasteiger partial charge >= 0.3 is 5.69 Å². The number of benzene rings is 1. The second-order valence-corrected chi connectivity index (χ2v) is 9.51. The molecule has 0 radical (unpaired) electrons. The number of H-pyrrole nitrogens is 1. The van der Waals surface area contributed by atoms with Crippen molar-refractivity contribution >= 4 is 12.0 Å². The zero-order chi connectivity index (χ0) is 26.0. The number of nitrogens with zero attached hydrogens (tertiary/aromatic N) is 7. The Kier molecular flexibility index (Phi) is 6.56.